The average molecular weight is 266 g/mol. The maximum Gasteiger partial charge on any atom is 0.316 e. The van der Waals surface area contributed by atoms with E-state index in [1.165, 1.54) is 11.0 Å². The highest BCUT2D eigenvalue weighted by atomic mass is 16.6. The van der Waals surface area contributed by atoms with Gasteiger partial charge in [-0.15, -0.1) is 0 Å². The molecule has 0 saturated carbocycles. The van der Waals surface area contributed by atoms with Gasteiger partial charge < -0.3 is 15.5 Å². The summed E-state index contributed by atoms with van der Waals surface area (Å²) in [6, 6.07) is 6.43. The standard InChI is InChI=1S/C12H18N4O3/c1-15(2)12(17)14-8-7-13-9-10-5-3-4-6-11(10)16(18)19/h3-6,13H,7-9H2,1-2H3,(H,14,17). The molecule has 0 bridgehead atoms. The molecular weight excluding hydrogens is 248 g/mol. The number of amides is 2. The van der Waals surface area contributed by atoms with Crippen LogP contribution in [0, 0.1) is 10.1 Å². The van der Waals surface area contributed by atoms with Gasteiger partial charge in [0.15, 0.2) is 0 Å². The number of nitrogens with one attached hydrogen (secondary N) is 2. The molecule has 0 aliphatic rings. The number of nitro benzene ring substituents is 1. The fraction of sp³-hybridized carbons (Fsp3) is 0.417. The zero-order valence-corrected chi connectivity index (χ0v) is 11.0. The molecule has 0 fully saturated rings. The SMILES string of the molecule is CN(C)C(=O)NCCNCc1ccccc1[N+](=O)[O-]. The maximum absolute atomic E-state index is 11.2. The second-order valence-corrected chi connectivity index (χ2v) is 4.19. The number of nitro groups is 1. The van der Waals surface area contributed by atoms with E-state index in [1.54, 1.807) is 32.3 Å². The summed E-state index contributed by atoms with van der Waals surface area (Å²) >= 11 is 0. The van der Waals surface area contributed by atoms with Crippen molar-refractivity contribution in [3.8, 4) is 0 Å². The van der Waals surface area contributed by atoms with Crippen LogP contribution < -0.4 is 10.6 Å². The lowest BCUT2D eigenvalue weighted by molar-refractivity contribution is -0.385. The van der Waals surface area contributed by atoms with Crippen molar-refractivity contribution >= 4 is 11.7 Å². The minimum Gasteiger partial charge on any atom is -0.337 e. The first-order valence-electron chi connectivity index (χ1n) is 5.90. The van der Waals surface area contributed by atoms with Crippen LogP contribution in [0.1, 0.15) is 5.56 Å². The minimum atomic E-state index is -0.398. The van der Waals surface area contributed by atoms with Crippen molar-refractivity contribution < 1.29 is 9.72 Å². The van der Waals surface area contributed by atoms with E-state index in [0.29, 0.717) is 25.2 Å². The van der Waals surface area contributed by atoms with E-state index < -0.39 is 4.92 Å². The average Bonchev–Trinajstić information content (AvgIpc) is 2.38. The van der Waals surface area contributed by atoms with E-state index in [9.17, 15) is 14.9 Å². The molecule has 0 aliphatic carbocycles. The van der Waals surface area contributed by atoms with Crippen molar-refractivity contribution in [2.45, 2.75) is 6.54 Å². The summed E-state index contributed by atoms with van der Waals surface area (Å²) in [5.74, 6) is 0. The Bertz CT molecular complexity index is 448. The first kappa shape index (κ1) is 14.9. The molecule has 1 aromatic carbocycles. The third-order valence-corrected chi connectivity index (χ3v) is 2.49. The lowest BCUT2D eigenvalue weighted by atomic mass is 10.2. The van der Waals surface area contributed by atoms with Crippen LogP contribution in [-0.4, -0.2) is 43.0 Å². The summed E-state index contributed by atoms with van der Waals surface area (Å²) < 4.78 is 0. The third-order valence-electron chi connectivity index (χ3n) is 2.49. The van der Waals surface area contributed by atoms with Crippen LogP contribution in [0.15, 0.2) is 24.3 Å². The lowest BCUT2D eigenvalue weighted by Gasteiger charge is -2.12. The summed E-state index contributed by atoms with van der Waals surface area (Å²) in [5.41, 5.74) is 0.735. The molecule has 0 heterocycles. The number of rotatable bonds is 6. The van der Waals surface area contributed by atoms with Crippen LogP contribution in [0.4, 0.5) is 10.5 Å². The van der Waals surface area contributed by atoms with E-state index in [-0.39, 0.29) is 11.7 Å². The van der Waals surface area contributed by atoms with Crippen molar-refractivity contribution in [2.24, 2.45) is 0 Å². The number of carbonyl (C=O) groups excluding carboxylic acids is 1. The number of para-hydroxylation sites is 1. The minimum absolute atomic E-state index is 0.104. The normalized spacial score (nSPS) is 10.0. The molecule has 19 heavy (non-hydrogen) atoms. The quantitative estimate of drug-likeness (QED) is 0.456. The molecule has 0 aromatic heterocycles. The van der Waals surface area contributed by atoms with E-state index in [4.69, 9.17) is 0 Å². The molecule has 0 unspecified atom stereocenters. The van der Waals surface area contributed by atoms with Gasteiger partial charge in [-0.05, 0) is 0 Å². The predicted molar refractivity (Wildman–Crippen MR) is 71.9 cm³/mol. The fourth-order valence-electron chi connectivity index (χ4n) is 1.48. The first-order chi connectivity index (χ1) is 9.02. The molecule has 1 aromatic rings. The summed E-state index contributed by atoms with van der Waals surface area (Å²) in [7, 11) is 3.33. The molecule has 0 spiro atoms. The van der Waals surface area contributed by atoms with Crippen molar-refractivity contribution in [1.82, 2.24) is 15.5 Å². The van der Waals surface area contributed by atoms with Crippen molar-refractivity contribution in [2.75, 3.05) is 27.2 Å². The summed E-state index contributed by atoms with van der Waals surface area (Å²) in [5, 5.41) is 16.5. The summed E-state index contributed by atoms with van der Waals surface area (Å²) in [6.07, 6.45) is 0. The molecule has 2 N–H and O–H groups in total. The van der Waals surface area contributed by atoms with Gasteiger partial charge in [-0.1, -0.05) is 18.2 Å². The second-order valence-electron chi connectivity index (χ2n) is 4.19. The van der Waals surface area contributed by atoms with Gasteiger partial charge in [-0.2, -0.15) is 0 Å². The Hall–Kier alpha value is -2.15. The molecule has 0 saturated heterocycles. The van der Waals surface area contributed by atoms with Crippen LogP contribution in [0.2, 0.25) is 0 Å². The highest BCUT2D eigenvalue weighted by Gasteiger charge is 2.11. The first-order valence-corrected chi connectivity index (χ1v) is 5.90. The van der Waals surface area contributed by atoms with Crippen LogP contribution in [0.25, 0.3) is 0 Å². The summed E-state index contributed by atoms with van der Waals surface area (Å²) in [6.45, 7) is 1.41. The highest BCUT2D eigenvalue weighted by Crippen LogP contribution is 2.16. The monoisotopic (exact) mass is 266 g/mol. The lowest BCUT2D eigenvalue weighted by Crippen LogP contribution is -2.38. The molecule has 0 atom stereocenters. The van der Waals surface area contributed by atoms with E-state index in [1.807, 2.05) is 0 Å². The Morgan fingerprint density at radius 1 is 1.32 bits per heavy atom. The third kappa shape index (κ3) is 4.92. The Morgan fingerprint density at radius 3 is 2.63 bits per heavy atom. The Balaban J connectivity index is 2.34. The van der Waals surface area contributed by atoms with Gasteiger partial charge in [0.2, 0.25) is 0 Å². The van der Waals surface area contributed by atoms with E-state index in [2.05, 4.69) is 10.6 Å². The zero-order valence-electron chi connectivity index (χ0n) is 11.0. The molecule has 7 heteroatoms. The van der Waals surface area contributed by atoms with Gasteiger partial charge in [0.25, 0.3) is 5.69 Å². The Morgan fingerprint density at radius 2 is 2.00 bits per heavy atom. The zero-order chi connectivity index (χ0) is 14.3. The molecule has 1 rings (SSSR count). The van der Waals surface area contributed by atoms with Crippen LogP contribution in [0.3, 0.4) is 0 Å². The molecule has 104 valence electrons. The predicted octanol–water partition coefficient (Wildman–Crippen LogP) is 0.956. The second kappa shape index (κ2) is 7.32. The van der Waals surface area contributed by atoms with Crippen LogP contribution in [0.5, 0.6) is 0 Å². The fourth-order valence-corrected chi connectivity index (χ4v) is 1.48. The molecule has 0 radical (unpaired) electrons. The number of hydrogen-bond donors (Lipinski definition) is 2. The molecule has 2 amide bonds. The van der Waals surface area contributed by atoms with Gasteiger partial charge in [0.1, 0.15) is 0 Å². The van der Waals surface area contributed by atoms with Gasteiger partial charge in [0, 0.05) is 45.4 Å². The number of nitrogens with zero attached hydrogens (tertiary/aromatic N) is 2. The van der Waals surface area contributed by atoms with Crippen molar-refractivity contribution in [1.29, 1.82) is 0 Å². The van der Waals surface area contributed by atoms with E-state index >= 15 is 0 Å². The van der Waals surface area contributed by atoms with Gasteiger partial charge >= 0.3 is 6.03 Å². The summed E-state index contributed by atoms with van der Waals surface area (Å²) in [4.78, 5) is 23.1. The Kier molecular flexibility index (Phi) is 5.74. The number of urea groups is 1. The molecule has 0 aliphatic heterocycles. The smallest absolute Gasteiger partial charge is 0.316 e. The molecular formula is C12H18N4O3. The van der Waals surface area contributed by atoms with Crippen molar-refractivity contribution in [3.05, 3.63) is 39.9 Å². The topological polar surface area (TPSA) is 87.5 Å². The van der Waals surface area contributed by atoms with Crippen LogP contribution >= 0.6 is 0 Å². The Labute approximate surface area is 111 Å². The number of hydrogen-bond acceptors (Lipinski definition) is 4. The van der Waals surface area contributed by atoms with Gasteiger partial charge in [-0.25, -0.2) is 4.79 Å². The number of carbonyl (C=O) groups is 1. The van der Waals surface area contributed by atoms with Crippen LogP contribution in [-0.2, 0) is 6.54 Å². The number of benzene rings is 1. The largest absolute Gasteiger partial charge is 0.337 e. The van der Waals surface area contributed by atoms with Gasteiger partial charge in [-0.3, -0.25) is 10.1 Å². The highest BCUT2D eigenvalue weighted by molar-refractivity contribution is 5.73. The van der Waals surface area contributed by atoms with Gasteiger partial charge in [0.05, 0.1) is 4.92 Å². The van der Waals surface area contributed by atoms with E-state index in [0.717, 1.165) is 0 Å². The maximum atomic E-state index is 11.2. The van der Waals surface area contributed by atoms with Crippen molar-refractivity contribution in [3.63, 3.8) is 0 Å². The molecule has 7 nitrogen and oxygen atoms in total.